The Morgan fingerprint density at radius 3 is 2.54 bits per heavy atom. The van der Waals surface area contributed by atoms with E-state index in [4.69, 9.17) is 4.74 Å². The van der Waals surface area contributed by atoms with Gasteiger partial charge in [-0.2, -0.15) is 0 Å². The largest absolute Gasteiger partial charge is 0.371 e. The lowest BCUT2D eigenvalue weighted by Crippen LogP contribution is -2.41. The van der Waals surface area contributed by atoms with Crippen molar-refractivity contribution in [1.29, 1.82) is 0 Å². The first-order valence-corrected chi connectivity index (χ1v) is 5.67. The van der Waals surface area contributed by atoms with Gasteiger partial charge in [-0.1, -0.05) is 20.8 Å². The molecule has 0 N–H and O–H groups in total. The maximum absolute atomic E-state index is 6.24. The van der Waals surface area contributed by atoms with Gasteiger partial charge in [0.25, 0.3) is 0 Å². The minimum atomic E-state index is 0.174. The van der Waals surface area contributed by atoms with Crippen molar-refractivity contribution < 1.29 is 4.74 Å². The van der Waals surface area contributed by atoms with Gasteiger partial charge in [0.1, 0.15) is 0 Å². The molecule has 2 fully saturated rings. The summed E-state index contributed by atoms with van der Waals surface area (Å²) in [7, 11) is 0. The average molecular weight is 182 g/mol. The molecular formula is C12H22O. The highest BCUT2D eigenvalue weighted by Crippen LogP contribution is 2.57. The molecule has 0 aromatic rings. The fourth-order valence-corrected chi connectivity index (χ4v) is 3.17. The molecule has 0 bridgehead atoms. The molecule has 1 aliphatic carbocycles. The lowest BCUT2D eigenvalue weighted by Gasteiger charge is -2.38. The third-order valence-electron chi connectivity index (χ3n) is 4.65. The molecule has 2 rings (SSSR count). The van der Waals surface area contributed by atoms with Gasteiger partial charge < -0.3 is 4.74 Å². The third kappa shape index (κ3) is 1.16. The van der Waals surface area contributed by atoms with Crippen LogP contribution in [0.2, 0.25) is 0 Å². The summed E-state index contributed by atoms with van der Waals surface area (Å²) in [5.74, 6) is 0.826. The molecule has 1 saturated carbocycles. The predicted octanol–water partition coefficient (Wildman–Crippen LogP) is 3.38. The predicted molar refractivity (Wildman–Crippen MR) is 54.7 cm³/mol. The van der Waals surface area contributed by atoms with Gasteiger partial charge in [0.05, 0.1) is 11.7 Å². The van der Waals surface area contributed by atoms with Crippen LogP contribution < -0.4 is 0 Å². The summed E-state index contributed by atoms with van der Waals surface area (Å²) in [4.78, 5) is 0. The van der Waals surface area contributed by atoms with Crippen LogP contribution >= 0.6 is 0 Å². The maximum Gasteiger partial charge on any atom is 0.0737 e. The molecule has 0 aromatic heterocycles. The summed E-state index contributed by atoms with van der Waals surface area (Å²) in [5, 5.41) is 0. The Bertz CT molecular complexity index is 209. The molecule has 76 valence electrons. The van der Waals surface area contributed by atoms with Crippen LogP contribution in [-0.2, 0) is 4.74 Å². The Morgan fingerprint density at radius 1 is 1.31 bits per heavy atom. The molecule has 1 nitrogen and oxygen atoms in total. The van der Waals surface area contributed by atoms with Crippen LogP contribution in [0.4, 0.5) is 0 Å². The fraction of sp³-hybridized carbons (Fsp3) is 1.00. The van der Waals surface area contributed by atoms with Crippen molar-refractivity contribution in [3.63, 3.8) is 0 Å². The second-order valence-electron chi connectivity index (χ2n) is 5.61. The van der Waals surface area contributed by atoms with E-state index in [1.165, 1.54) is 25.7 Å². The number of fused-ring (bicyclic) bond motifs is 1. The van der Waals surface area contributed by atoms with E-state index in [0.29, 0.717) is 11.5 Å². The van der Waals surface area contributed by atoms with Crippen LogP contribution in [0.25, 0.3) is 0 Å². The smallest absolute Gasteiger partial charge is 0.0737 e. The number of hydrogen-bond acceptors (Lipinski definition) is 1. The molecule has 2 aliphatic rings. The van der Waals surface area contributed by atoms with Gasteiger partial charge in [-0.05, 0) is 43.9 Å². The Labute approximate surface area is 81.9 Å². The molecule has 13 heavy (non-hydrogen) atoms. The second-order valence-corrected chi connectivity index (χ2v) is 5.61. The zero-order chi connectivity index (χ0) is 9.69. The van der Waals surface area contributed by atoms with Gasteiger partial charge >= 0.3 is 0 Å². The van der Waals surface area contributed by atoms with E-state index in [1.807, 2.05) is 0 Å². The highest BCUT2D eigenvalue weighted by Gasteiger charge is 2.57. The van der Waals surface area contributed by atoms with Crippen LogP contribution in [0.1, 0.15) is 53.4 Å². The van der Waals surface area contributed by atoms with Crippen molar-refractivity contribution in [2.24, 2.45) is 11.3 Å². The van der Waals surface area contributed by atoms with Gasteiger partial charge in [-0.25, -0.2) is 0 Å². The minimum absolute atomic E-state index is 0.174. The molecule has 1 heterocycles. The van der Waals surface area contributed by atoms with Gasteiger partial charge in [-0.15, -0.1) is 0 Å². The fourth-order valence-electron chi connectivity index (χ4n) is 3.17. The van der Waals surface area contributed by atoms with E-state index < -0.39 is 0 Å². The van der Waals surface area contributed by atoms with Crippen LogP contribution in [0.5, 0.6) is 0 Å². The second kappa shape index (κ2) is 2.73. The van der Waals surface area contributed by atoms with Gasteiger partial charge in [-0.3, -0.25) is 0 Å². The van der Waals surface area contributed by atoms with Crippen molar-refractivity contribution in [3.8, 4) is 0 Å². The summed E-state index contributed by atoms with van der Waals surface area (Å²) in [5.41, 5.74) is 0.565. The van der Waals surface area contributed by atoms with E-state index >= 15 is 0 Å². The van der Waals surface area contributed by atoms with Crippen LogP contribution in [0.3, 0.4) is 0 Å². The molecule has 1 aliphatic heterocycles. The van der Waals surface area contributed by atoms with Gasteiger partial charge in [0.15, 0.2) is 0 Å². The van der Waals surface area contributed by atoms with E-state index in [1.54, 1.807) is 0 Å². The van der Waals surface area contributed by atoms with Crippen molar-refractivity contribution in [2.75, 3.05) is 0 Å². The first-order valence-electron chi connectivity index (χ1n) is 5.67. The summed E-state index contributed by atoms with van der Waals surface area (Å²) in [6.45, 7) is 9.30. The Morgan fingerprint density at radius 2 is 2.00 bits per heavy atom. The molecule has 1 saturated heterocycles. The van der Waals surface area contributed by atoms with E-state index in [2.05, 4.69) is 27.7 Å². The molecule has 0 aromatic carbocycles. The molecule has 3 atom stereocenters. The first kappa shape index (κ1) is 9.51. The van der Waals surface area contributed by atoms with Crippen LogP contribution in [0.15, 0.2) is 0 Å². The topological polar surface area (TPSA) is 9.23 Å². The normalized spacial score (nSPS) is 48.0. The molecule has 0 radical (unpaired) electrons. The van der Waals surface area contributed by atoms with Crippen molar-refractivity contribution >= 4 is 0 Å². The number of hydrogen-bond donors (Lipinski definition) is 0. The lowest BCUT2D eigenvalue weighted by molar-refractivity contribution is -0.0986. The van der Waals surface area contributed by atoms with Crippen LogP contribution in [0, 0.1) is 11.3 Å². The highest BCUT2D eigenvalue weighted by molar-refractivity contribution is 5.06. The summed E-state index contributed by atoms with van der Waals surface area (Å²) >= 11 is 0. The van der Waals surface area contributed by atoms with E-state index in [0.717, 1.165) is 5.92 Å². The van der Waals surface area contributed by atoms with Crippen molar-refractivity contribution in [3.05, 3.63) is 0 Å². The third-order valence-corrected chi connectivity index (χ3v) is 4.65. The van der Waals surface area contributed by atoms with Crippen LogP contribution in [-0.4, -0.2) is 11.7 Å². The Hall–Kier alpha value is -0.0400. The highest BCUT2D eigenvalue weighted by atomic mass is 16.5. The van der Waals surface area contributed by atoms with Crippen molar-refractivity contribution in [2.45, 2.75) is 65.1 Å². The minimum Gasteiger partial charge on any atom is -0.371 e. The molecule has 1 heteroatoms. The monoisotopic (exact) mass is 182 g/mol. The molecule has 0 spiro atoms. The van der Waals surface area contributed by atoms with Gasteiger partial charge in [0, 0.05) is 0 Å². The van der Waals surface area contributed by atoms with E-state index in [9.17, 15) is 0 Å². The average Bonchev–Trinajstić information content (AvgIpc) is 2.49. The first-order chi connectivity index (χ1) is 5.99. The lowest BCUT2D eigenvalue weighted by atomic mass is 9.76. The summed E-state index contributed by atoms with van der Waals surface area (Å²) in [6.07, 6.45) is 5.73. The quantitative estimate of drug-likeness (QED) is 0.604. The number of rotatable bonds is 1. The summed E-state index contributed by atoms with van der Waals surface area (Å²) in [6, 6.07) is 0. The van der Waals surface area contributed by atoms with Gasteiger partial charge in [0.2, 0.25) is 0 Å². The Balaban J connectivity index is 2.21. The maximum atomic E-state index is 6.24. The summed E-state index contributed by atoms with van der Waals surface area (Å²) < 4.78 is 6.24. The molecule has 0 amide bonds. The molecular weight excluding hydrogens is 160 g/mol. The van der Waals surface area contributed by atoms with Crippen molar-refractivity contribution in [1.82, 2.24) is 0 Å². The molecule has 3 unspecified atom stereocenters. The number of ether oxygens (including phenoxy) is 1. The van der Waals surface area contributed by atoms with E-state index in [-0.39, 0.29) is 5.60 Å². The SMILES string of the molecule is CCC1CC2CCC(C)(C)C2(C)O1. The Kier molecular flexibility index (Phi) is 1.99. The standard InChI is InChI=1S/C12H22O/c1-5-10-8-9-6-7-11(2,3)12(9,4)13-10/h9-10H,5-8H2,1-4H3. The zero-order valence-corrected chi connectivity index (χ0v) is 9.39. The zero-order valence-electron chi connectivity index (χ0n) is 9.39.